The highest BCUT2D eigenvalue weighted by Gasteiger charge is 2.43. The van der Waals surface area contributed by atoms with Crippen LogP contribution < -0.4 is 9.47 Å². The minimum atomic E-state index is 0.192. The lowest BCUT2D eigenvalue weighted by Crippen LogP contribution is -2.17. The summed E-state index contributed by atoms with van der Waals surface area (Å²) in [5.74, 6) is 3.04. The first kappa shape index (κ1) is 22.7. The molecular formula is C25H32N6O3. The molecule has 2 fully saturated rings. The summed E-state index contributed by atoms with van der Waals surface area (Å²) in [7, 11) is 1.84. The standard InChI is InChI=1S/C25H32N6O3/c1-4-18-10-24(27-14-26-18)33-13-22-25(29-30-31(22)3)21-7-8-23(15(2)28-21)34-19-9-16-5-6-17(12-32)20(16)11-19/h7-8,10,14,16-17,19-20,32H,4-6,9,11-13H2,1-3H3/t16-,17+,19-,20+/m0/s1. The van der Waals surface area contributed by atoms with Crippen LogP contribution in [0.2, 0.25) is 0 Å². The predicted octanol–water partition coefficient (Wildman–Crippen LogP) is 3.29. The Balaban J connectivity index is 1.28. The monoisotopic (exact) mass is 464 g/mol. The van der Waals surface area contributed by atoms with Gasteiger partial charge in [0.05, 0.1) is 17.5 Å². The van der Waals surface area contributed by atoms with E-state index in [1.54, 1.807) is 4.68 Å². The summed E-state index contributed by atoms with van der Waals surface area (Å²) in [6, 6.07) is 5.76. The van der Waals surface area contributed by atoms with E-state index >= 15 is 0 Å². The van der Waals surface area contributed by atoms with E-state index in [0.29, 0.717) is 35.9 Å². The highest BCUT2D eigenvalue weighted by Crippen LogP contribution is 2.48. The minimum absolute atomic E-state index is 0.192. The van der Waals surface area contributed by atoms with Crippen LogP contribution in [0, 0.1) is 24.7 Å². The van der Waals surface area contributed by atoms with Crippen LogP contribution in [0.15, 0.2) is 24.5 Å². The Morgan fingerprint density at radius 3 is 2.85 bits per heavy atom. The van der Waals surface area contributed by atoms with Gasteiger partial charge in [-0.3, -0.25) is 0 Å². The van der Waals surface area contributed by atoms with Crippen molar-refractivity contribution in [2.45, 2.75) is 58.7 Å². The number of aromatic nitrogens is 6. The van der Waals surface area contributed by atoms with Crippen LogP contribution in [0.4, 0.5) is 0 Å². The fraction of sp³-hybridized carbons (Fsp3) is 0.560. The van der Waals surface area contributed by atoms with Gasteiger partial charge < -0.3 is 14.6 Å². The zero-order valence-corrected chi connectivity index (χ0v) is 20.0. The van der Waals surface area contributed by atoms with E-state index in [9.17, 15) is 5.11 Å². The van der Waals surface area contributed by atoms with E-state index in [2.05, 4.69) is 20.3 Å². The zero-order chi connectivity index (χ0) is 23.7. The Morgan fingerprint density at radius 2 is 2.06 bits per heavy atom. The quantitative estimate of drug-likeness (QED) is 0.541. The van der Waals surface area contributed by atoms with Crippen LogP contribution in [0.5, 0.6) is 11.6 Å². The van der Waals surface area contributed by atoms with E-state index in [-0.39, 0.29) is 12.7 Å². The molecule has 4 atom stereocenters. The summed E-state index contributed by atoms with van der Waals surface area (Å²) in [5.41, 5.74) is 3.99. The summed E-state index contributed by atoms with van der Waals surface area (Å²) >= 11 is 0. The number of hydrogen-bond acceptors (Lipinski definition) is 8. The molecule has 3 aromatic heterocycles. The summed E-state index contributed by atoms with van der Waals surface area (Å²) in [6.45, 7) is 4.57. The summed E-state index contributed by atoms with van der Waals surface area (Å²) < 4.78 is 14.0. The van der Waals surface area contributed by atoms with Crippen LogP contribution >= 0.6 is 0 Å². The number of aliphatic hydroxyl groups excluding tert-OH is 1. The molecule has 9 nitrogen and oxygen atoms in total. The van der Waals surface area contributed by atoms with Gasteiger partial charge in [-0.1, -0.05) is 12.1 Å². The second kappa shape index (κ2) is 9.66. The Morgan fingerprint density at radius 1 is 1.18 bits per heavy atom. The number of rotatable bonds is 8. The number of aliphatic hydroxyl groups is 1. The fourth-order valence-corrected chi connectivity index (χ4v) is 5.49. The van der Waals surface area contributed by atoms with E-state index in [1.807, 2.05) is 39.1 Å². The maximum atomic E-state index is 9.64. The van der Waals surface area contributed by atoms with Crippen LogP contribution in [-0.4, -0.2) is 47.8 Å². The fourth-order valence-electron chi connectivity index (χ4n) is 5.49. The zero-order valence-electron chi connectivity index (χ0n) is 20.0. The second-order valence-electron chi connectivity index (χ2n) is 9.43. The van der Waals surface area contributed by atoms with E-state index in [1.165, 1.54) is 12.7 Å². The van der Waals surface area contributed by atoms with Crippen LogP contribution in [0.3, 0.4) is 0 Å². The number of nitrogens with zero attached hydrogens (tertiary/aromatic N) is 6. The van der Waals surface area contributed by atoms with Crippen molar-refractivity contribution in [2.24, 2.45) is 24.8 Å². The second-order valence-corrected chi connectivity index (χ2v) is 9.43. The Bertz CT molecular complexity index is 1150. The molecule has 0 aliphatic heterocycles. The molecule has 0 saturated heterocycles. The molecule has 5 rings (SSSR count). The van der Waals surface area contributed by atoms with Crippen LogP contribution in [0.1, 0.15) is 49.7 Å². The van der Waals surface area contributed by atoms with Gasteiger partial charge in [-0.25, -0.2) is 19.6 Å². The van der Waals surface area contributed by atoms with Gasteiger partial charge in [-0.05, 0) is 68.9 Å². The van der Waals surface area contributed by atoms with Gasteiger partial charge in [-0.2, -0.15) is 0 Å². The average Bonchev–Trinajstić information content (AvgIpc) is 3.53. The van der Waals surface area contributed by atoms with Crippen molar-refractivity contribution in [1.29, 1.82) is 0 Å². The minimum Gasteiger partial charge on any atom is -0.489 e. The first-order valence-electron chi connectivity index (χ1n) is 12.1. The number of fused-ring (bicyclic) bond motifs is 1. The highest BCUT2D eigenvalue weighted by atomic mass is 16.5. The molecule has 0 unspecified atom stereocenters. The molecule has 9 heteroatoms. The third-order valence-electron chi connectivity index (χ3n) is 7.39. The molecule has 2 aliphatic carbocycles. The first-order chi connectivity index (χ1) is 16.6. The van der Waals surface area contributed by atoms with Crippen molar-refractivity contribution >= 4 is 0 Å². The molecule has 3 aromatic rings. The topological polar surface area (TPSA) is 108 Å². The Kier molecular flexibility index (Phi) is 6.45. The average molecular weight is 465 g/mol. The molecule has 180 valence electrons. The van der Waals surface area contributed by atoms with Gasteiger partial charge >= 0.3 is 0 Å². The molecule has 0 spiro atoms. The number of hydrogen-bond donors (Lipinski definition) is 1. The van der Waals surface area contributed by atoms with Gasteiger partial charge in [-0.15, -0.1) is 5.10 Å². The summed E-state index contributed by atoms with van der Waals surface area (Å²) in [6.07, 6.45) is 6.97. The molecule has 34 heavy (non-hydrogen) atoms. The Labute approximate surface area is 199 Å². The van der Waals surface area contributed by atoms with Crippen molar-refractivity contribution in [3.05, 3.63) is 41.6 Å². The highest BCUT2D eigenvalue weighted by molar-refractivity contribution is 5.58. The lowest BCUT2D eigenvalue weighted by atomic mass is 9.93. The normalized spacial score (nSPS) is 23.8. The molecule has 0 aromatic carbocycles. The molecule has 0 bridgehead atoms. The third-order valence-corrected chi connectivity index (χ3v) is 7.39. The Hall–Kier alpha value is -3.07. The first-order valence-corrected chi connectivity index (χ1v) is 12.1. The molecule has 2 aliphatic rings. The molecule has 2 saturated carbocycles. The van der Waals surface area contributed by atoms with E-state index in [0.717, 1.165) is 54.2 Å². The lowest BCUT2D eigenvalue weighted by molar-refractivity contribution is 0.163. The number of aryl methyl sites for hydroxylation is 3. The third kappa shape index (κ3) is 4.49. The summed E-state index contributed by atoms with van der Waals surface area (Å²) in [5, 5.41) is 18.2. The predicted molar refractivity (Wildman–Crippen MR) is 125 cm³/mol. The molecular weight excluding hydrogens is 432 g/mol. The van der Waals surface area contributed by atoms with Crippen LogP contribution in [-0.2, 0) is 20.1 Å². The van der Waals surface area contributed by atoms with E-state index < -0.39 is 0 Å². The van der Waals surface area contributed by atoms with Crippen molar-refractivity contribution in [2.75, 3.05) is 6.61 Å². The van der Waals surface area contributed by atoms with Crippen molar-refractivity contribution in [3.8, 4) is 23.0 Å². The maximum absolute atomic E-state index is 9.64. The number of ether oxygens (including phenoxy) is 2. The van der Waals surface area contributed by atoms with Gasteiger partial charge in [0.25, 0.3) is 0 Å². The van der Waals surface area contributed by atoms with Gasteiger partial charge in [0.1, 0.15) is 30.1 Å². The van der Waals surface area contributed by atoms with E-state index in [4.69, 9.17) is 14.5 Å². The molecule has 1 N–H and O–H groups in total. The maximum Gasteiger partial charge on any atom is 0.216 e. The largest absolute Gasteiger partial charge is 0.489 e. The molecule has 3 heterocycles. The number of pyridine rings is 1. The molecule has 0 radical (unpaired) electrons. The smallest absolute Gasteiger partial charge is 0.216 e. The SMILES string of the molecule is CCc1cc(OCc2c(-c3ccc(O[C@H]4C[C@@H]5CC[C@H](CO)[C@@H]5C4)c(C)n3)nnn2C)ncn1. The lowest BCUT2D eigenvalue weighted by Gasteiger charge is -2.18. The summed E-state index contributed by atoms with van der Waals surface area (Å²) in [4.78, 5) is 13.2. The van der Waals surface area contributed by atoms with Crippen molar-refractivity contribution < 1.29 is 14.6 Å². The van der Waals surface area contributed by atoms with Crippen LogP contribution in [0.25, 0.3) is 11.4 Å². The van der Waals surface area contributed by atoms with Gasteiger partial charge in [0.15, 0.2) is 0 Å². The molecule has 0 amide bonds. The van der Waals surface area contributed by atoms with Crippen molar-refractivity contribution in [1.82, 2.24) is 29.9 Å². The van der Waals surface area contributed by atoms with Gasteiger partial charge in [0, 0.05) is 25.4 Å². The van der Waals surface area contributed by atoms with Crippen molar-refractivity contribution in [3.63, 3.8) is 0 Å². The van der Waals surface area contributed by atoms with Gasteiger partial charge in [0.2, 0.25) is 5.88 Å².